The molecule has 0 atom stereocenters. The third-order valence-electron chi connectivity index (χ3n) is 3.10. The molecule has 0 saturated carbocycles. The summed E-state index contributed by atoms with van der Waals surface area (Å²) in [5, 5.41) is 8.01. The average Bonchev–Trinajstić information content (AvgIpc) is 2.38. The van der Waals surface area contributed by atoms with Crippen LogP contribution in [-0.2, 0) is 6.42 Å². The van der Waals surface area contributed by atoms with Gasteiger partial charge in [-0.3, -0.25) is 4.99 Å². The maximum absolute atomic E-state index is 8.01. The smallest absolute Gasteiger partial charge is 0.0361 e. The molecule has 0 aromatic heterocycles. The van der Waals surface area contributed by atoms with Crippen LogP contribution in [0.3, 0.4) is 0 Å². The van der Waals surface area contributed by atoms with Gasteiger partial charge in [0, 0.05) is 28.8 Å². The monoisotopic (exact) mass is 268 g/mol. The number of aliphatic imine (C=N–C) groups is 1. The summed E-state index contributed by atoms with van der Waals surface area (Å²) >= 11 is 0. The molecule has 1 N–H and O–H groups in total. The highest BCUT2D eigenvalue weighted by Crippen LogP contribution is 2.27. The molecule has 1 aromatic carbocycles. The van der Waals surface area contributed by atoms with Crippen molar-refractivity contribution in [3.63, 3.8) is 0 Å². The first-order valence-electron chi connectivity index (χ1n) is 6.92. The Balaban J connectivity index is 3.48. The van der Waals surface area contributed by atoms with Gasteiger partial charge in [0.15, 0.2) is 0 Å². The summed E-state index contributed by atoms with van der Waals surface area (Å²) in [5.41, 5.74) is 6.76. The van der Waals surface area contributed by atoms with Gasteiger partial charge in [0.05, 0.1) is 0 Å². The second-order valence-corrected chi connectivity index (χ2v) is 5.26. The zero-order chi connectivity index (χ0) is 15.3. The zero-order valence-electron chi connectivity index (χ0n) is 13.2. The van der Waals surface area contributed by atoms with Crippen LogP contribution in [0.4, 0.5) is 0 Å². The van der Waals surface area contributed by atoms with E-state index in [9.17, 15) is 0 Å². The fraction of sp³-hybridized carbons (Fsp3) is 0.333. The van der Waals surface area contributed by atoms with Crippen LogP contribution < -0.4 is 0 Å². The summed E-state index contributed by atoms with van der Waals surface area (Å²) in [5.74, 6) is 0. The van der Waals surface area contributed by atoms with E-state index in [0.29, 0.717) is 5.71 Å². The Morgan fingerprint density at radius 1 is 1.20 bits per heavy atom. The van der Waals surface area contributed by atoms with E-state index in [-0.39, 0.29) is 0 Å². The molecule has 2 nitrogen and oxygen atoms in total. The number of aryl methyl sites for hydroxylation is 1. The van der Waals surface area contributed by atoms with E-state index in [1.807, 2.05) is 33.9 Å². The second-order valence-electron chi connectivity index (χ2n) is 5.26. The van der Waals surface area contributed by atoms with E-state index < -0.39 is 0 Å². The van der Waals surface area contributed by atoms with Crippen LogP contribution in [0.15, 0.2) is 41.5 Å². The van der Waals surface area contributed by atoms with E-state index in [1.54, 1.807) is 0 Å². The van der Waals surface area contributed by atoms with Gasteiger partial charge >= 0.3 is 0 Å². The Labute approximate surface area is 122 Å². The molecule has 20 heavy (non-hydrogen) atoms. The highest BCUT2D eigenvalue weighted by molar-refractivity contribution is 6.02. The van der Waals surface area contributed by atoms with Crippen molar-refractivity contribution in [3.05, 3.63) is 53.2 Å². The van der Waals surface area contributed by atoms with Crippen LogP contribution in [0.5, 0.6) is 0 Å². The molecular weight excluding hydrogens is 244 g/mol. The number of hydrogen-bond acceptors (Lipinski definition) is 2. The molecule has 0 bridgehead atoms. The predicted octanol–water partition coefficient (Wildman–Crippen LogP) is 5.03. The van der Waals surface area contributed by atoms with E-state index in [2.05, 4.69) is 36.7 Å². The maximum Gasteiger partial charge on any atom is 0.0361 e. The molecule has 0 aliphatic carbocycles. The number of hydrogen-bond donors (Lipinski definition) is 1. The van der Waals surface area contributed by atoms with Gasteiger partial charge in [0.25, 0.3) is 0 Å². The van der Waals surface area contributed by atoms with Gasteiger partial charge in [-0.1, -0.05) is 25.6 Å². The maximum atomic E-state index is 8.01. The van der Waals surface area contributed by atoms with Gasteiger partial charge in [-0.25, -0.2) is 0 Å². The third-order valence-corrected chi connectivity index (χ3v) is 3.10. The van der Waals surface area contributed by atoms with Gasteiger partial charge in [-0.05, 0) is 56.9 Å². The summed E-state index contributed by atoms with van der Waals surface area (Å²) in [4.78, 5) is 4.39. The third kappa shape index (κ3) is 4.02. The molecular formula is C18H24N2. The minimum Gasteiger partial charge on any atom is -0.305 e. The fourth-order valence-electron chi connectivity index (χ4n) is 1.96. The molecule has 0 spiro atoms. The summed E-state index contributed by atoms with van der Waals surface area (Å²) in [6, 6.07) is 6.28. The number of nitrogens with one attached hydrogen (secondary N) is 1. The fourth-order valence-corrected chi connectivity index (χ4v) is 1.96. The van der Waals surface area contributed by atoms with Gasteiger partial charge in [0.2, 0.25) is 0 Å². The van der Waals surface area contributed by atoms with Crippen molar-refractivity contribution in [2.45, 2.75) is 41.0 Å². The van der Waals surface area contributed by atoms with Crippen molar-refractivity contribution in [1.29, 1.82) is 5.41 Å². The molecule has 0 radical (unpaired) electrons. The van der Waals surface area contributed by atoms with E-state index in [4.69, 9.17) is 5.41 Å². The van der Waals surface area contributed by atoms with Crippen LogP contribution in [0.2, 0.25) is 0 Å². The molecule has 0 aliphatic rings. The van der Waals surface area contributed by atoms with Crippen molar-refractivity contribution >= 4 is 17.0 Å². The molecule has 0 aliphatic heterocycles. The number of allylic oxidation sites excluding steroid dienone is 2. The van der Waals surface area contributed by atoms with E-state index in [0.717, 1.165) is 34.4 Å². The Kier molecular flexibility index (Phi) is 5.63. The first-order valence-corrected chi connectivity index (χ1v) is 6.92. The quantitative estimate of drug-likeness (QED) is 0.574. The molecule has 0 heterocycles. The largest absolute Gasteiger partial charge is 0.305 e. The van der Waals surface area contributed by atoms with Gasteiger partial charge in [-0.15, -0.1) is 0 Å². The van der Waals surface area contributed by atoms with Crippen LogP contribution in [0, 0.1) is 5.41 Å². The summed E-state index contributed by atoms with van der Waals surface area (Å²) < 4.78 is 0. The first-order chi connectivity index (χ1) is 9.36. The number of rotatable bonds is 5. The van der Waals surface area contributed by atoms with E-state index >= 15 is 0 Å². The highest BCUT2D eigenvalue weighted by atomic mass is 14.7. The molecule has 0 saturated heterocycles. The van der Waals surface area contributed by atoms with Crippen LogP contribution in [0.1, 0.15) is 51.3 Å². The molecule has 1 rings (SSSR count). The Morgan fingerprint density at radius 3 is 2.30 bits per heavy atom. The van der Waals surface area contributed by atoms with Crippen molar-refractivity contribution in [2.75, 3.05) is 0 Å². The Hall–Kier alpha value is -1.96. The molecule has 0 unspecified atom stereocenters. The van der Waals surface area contributed by atoms with Crippen molar-refractivity contribution in [1.82, 2.24) is 0 Å². The van der Waals surface area contributed by atoms with Gasteiger partial charge < -0.3 is 5.41 Å². The van der Waals surface area contributed by atoms with Gasteiger partial charge in [-0.2, -0.15) is 0 Å². The number of benzene rings is 1. The first kappa shape index (κ1) is 16.1. The highest BCUT2D eigenvalue weighted by Gasteiger charge is 2.11. The number of nitrogens with zero attached hydrogens (tertiary/aromatic N) is 1. The van der Waals surface area contributed by atoms with Gasteiger partial charge in [0.1, 0.15) is 0 Å². The molecule has 106 valence electrons. The predicted molar refractivity (Wildman–Crippen MR) is 89.9 cm³/mol. The van der Waals surface area contributed by atoms with Crippen LogP contribution in [0.25, 0.3) is 5.57 Å². The summed E-state index contributed by atoms with van der Waals surface area (Å²) in [6.07, 6.45) is 2.82. The molecule has 0 fully saturated rings. The topological polar surface area (TPSA) is 36.2 Å². The molecule has 2 heteroatoms. The SMILES string of the molecule is C=C(C)/C(=C\N=C(C)C)c1ccc(CC)cc1C(C)=N. The van der Waals surface area contributed by atoms with Crippen molar-refractivity contribution in [2.24, 2.45) is 4.99 Å². The van der Waals surface area contributed by atoms with Crippen molar-refractivity contribution in [3.8, 4) is 0 Å². The molecule has 0 amide bonds. The summed E-state index contributed by atoms with van der Waals surface area (Å²) in [7, 11) is 0. The zero-order valence-corrected chi connectivity index (χ0v) is 13.2. The average molecular weight is 268 g/mol. The minimum absolute atomic E-state index is 0.569. The lowest BCUT2D eigenvalue weighted by atomic mass is 9.92. The molecule has 1 aromatic rings. The Bertz CT molecular complexity index is 585. The lowest BCUT2D eigenvalue weighted by Crippen LogP contribution is -2.01. The standard InChI is InChI=1S/C18H24N2/c1-7-15-8-9-16(17(10-15)14(6)19)18(12(2)3)11-20-13(4)5/h8-11,19H,2,7H2,1,3-6H3/b18-11+,19-14?. The normalized spacial score (nSPS) is 11.2. The lowest BCUT2D eigenvalue weighted by molar-refractivity contribution is 1.13. The van der Waals surface area contributed by atoms with E-state index in [1.165, 1.54) is 5.56 Å². The minimum atomic E-state index is 0.569. The van der Waals surface area contributed by atoms with Crippen LogP contribution >= 0.6 is 0 Å². The van der Waals surface area contributed by atoms with Crippen LogP contribution in [-0.4, -0.2) is 11.4 Å². The Morgan fingerprint density at radius 2 is 1.85 bits per heavy atom. The lowest BCUT2D eigenvalue weighted by Gasteiger charge is -2.13. The second kappa shape index (κ2) is 6.99. The van der Waals surface area contributed by atoms with Crippen molar-refractivity contribution < 1.29 is 0 Å². The summed E-state index contributed by atoms with van der Waals surface area (Å²) in [6.45, 7) is 13.9.